The van der Waals surface area contributed by atoms with Gasteiger partial charge in [0.25, 0.3) is 5.95 Å². The van der Waals surface area contributed by atoms with Crippen LogP contribution < -0.4 is 9.80 Å². The van der Waals surface area contributed by atoms with E-state index in [9.17, 15) is 4.79 Å². The van der Waals surface area contributed by atoms with Crippen LogP contribution in [0.3, 0.4) is 0 Å². The maximum absolute atomic E-state index is 13.6. The summed E-state index contributed by atoms with van der Waals surface area (Å²) in [5.74, 6) is 0.639. The fraction of sp³-hybridized carbons (Fsp3) is 0.241. The van der Waals surface area contributed by atoms with Gasteiger partial charge in [-0.3, -0.25) is 9.69 Å². The first-order chi connectivity index (χ1) is 18.2. The Hall–Kier alpha value is -4.46. The van der Waals surface area contributed by atoms with Crippen LogP contribution in [0.15, 0.2) is 91.0 Å². The smallest absolute Gasteiger partial charge is 0.251 e. The van der Waals surface area contributed by atoms with Crippen LogP contribution in [0.25, 0.3) is 5.70 Å². The van der Waals surface area contributed by atoms with E-state index in [1.165, 1.54) is 11.3 Å². The Kier molecular flexibility index (Phi) is 6.14. The summed E-state index contributed by atoms with van der Waals surface area (Å²) in [7, 11) is 0. The molecule has 1 atom stereocenters. The van der Waals surface area contributed by atoms with Gasteiger partial charge < -0.3 is 9.80 Å². The second-order valence-electron chi connectivity index (χ2n) is 9.49. The van der Waals surface area contributed by atoms with Gasteiger partial charge in [0, 0.05) is 31.9 Å². The van der Waals surface area contributed by atoms with Crippen LogP contribution in [-0.4, -0.2) is 63.7 Å². The number of piperazine rings is 1. The predicted octanol–water partition coefficient (Wildman–Crippen LogP) is 3.78. The van der Waals surface area contributed by atoms with Crippen molar-refractivity contribution in [2.45, 2.75) is 13.0 Å². The number of hydrogen-bond donors (Lipinski definition) is 0. The fourth-order valence-electron chi connectivity index (χ4n) is 5.14. The van der Waals surface area contributed by atoms with Crippen LogP contribution in [0.2, 0.25) is 0 Å². The molecule has 186 valence electrons. The predicted molar refractivity (Wildman–Crippen MR) is 144 cm³/mol. The van der Waals surface area contributed by atoms with Crippen molar-refractivity contribution in [2.24, 2.45) is 0 Å². The van der Waals surface area contributed by atoms with Gasteiger partial charge in [0.2, 0.25) is 5.91 Å². The highest BCUT2D eigenvalue weighted by Gasteiger charge is 2.33. The second kappa shape index (κ2) is 9.89. The number of carbonyl (C=O) groups excluding carboxylic acids is 1. The minimum absolute atomic E-state index is 0.0680. The zero-order valence-electron chi connectivity index (χ0n) is 20.8. The first-order valence-electron chi connectivity index (χ1n) is 12.6. The van der Waals surface area contributed by atoms with E-state index in [1.54, 1.807) is 4.68 Å². The quantitative estimate of drug-likeness (QED) is 0.423. The lowest BCUT2D eigenvalue weighted by Crippen LogP contribution is -2.51. The van der Waals surface area contributed by atoms with E-state index in [4.69, 9.17) is 0 Å². The van der Waals surface area contributed by atoms with Crippen LogP contribution in [0.1, 0.15) is 22.7 Å². The van der Waals surface area contributed by atoms with Crippen molar-refractivity contribution in [1.82, 2.24) is 25.1 Å². The third-order valence-corrected chi connectivity index (χ3v) is 7.09. The van der Waals surface area contributed by atoms with E-state index in [0.29, 0.717) is 19.0 Å². The second-order valence-corrected chi connectivity index (χ2v) is 9.49. The average molecular weight is 492 g/mol. The highest BCUT2D eigenvalue weighted by Crippen LogP contribution is 2.36. The summed E-state index contributed by atoms with van der Waals surface area (Å²) in [4.78, 5) is 19.8. The van der Waals surface area contributed by atoms with Crippen molar-refractivity contribution in [3.05, 3.63) is 108 Å². The van der Waals surface area contributed by atoms with Gasteiger partial charge >= 0.3 is 0 Å². The molecule has 0 radical (unpaired) electrons. The number of tetrazole rings is 1. The van der Waals surface area contributed by atoms with E-state index in [0.717, 1.165) is 29.9 Å². The summed E-state index contributed by atoms with van der Waals surface area (Å²) in [6.07, 6.45) is 2.15. The molecule has 1 fully saturated rings. The van der Waals surface area contributed by atoms with Crippen molar-refractivity contribution in [1.29, 1.82) is 0 Å². The molecule has 8 nitrogen and oxygen atoms in total. The van der Waals surface area contributed by atoms with Crippen LogP contribution in [0.5, 0.6) is 0 Å². The minimum atomic E-state index is -0.161. The Balaban J connectivity index is 1.25. The molecule has 37 heavy (non-hydrogen) atoms. The summed E-state index contributed by atoms with van der Waals surface area (Å²) in [5, 5.41) is 12.6. The molecule has 0 spiro atoms. The molecule has 0 aliphatic carbocycles. The lowest BCUT2D eigenvalue weighted by molar-refractivity contribution is -0.129. The maximum atomic E-state index is 13.6. The molecule has 4 aromatic rings. The summed E-state index contributed by atoms with van der Waals surface area (Å²) >= 11 is 0. The van der Waals surface area contributed by atoms with Gasteiger partial charge in [0.15, 0.2) is 0 Å². The zero-order chi connectivity index (χ0) is 25.2. The van der Waals surface area contributed by atoms with Crippen LogP contribution >= 0.6 is 0 Å². The Bertz CT molecular complexity index is 1410. The lowest BCUT2D eigenvalue weighted by atomic mass is 10.0. The number of amides is 1. The van der Waals surface area contributed by atoms with Crippen molar-refractivity contribution < 1.29 is 4.79 Å². The van der Waals surface area contributed by atoms with E-state index in [-0.39, 0.29) is 18.5 Å². The van der Waals surface area contributed by atoms with E-state index >= 15 is 0 Å². The Morgan fingerprint density at radius 3 is 2.35 bits per heavy atom. The van der Waals surface area contributed by atoms with Gasteiger partial charge in [0.1, 0.15) is 12.6 Å². The minimum Gasteiger partial charge on any atom is -0.368 e. The number of aromatic nitrogens is 4. The maximum Gasteiger partial charge on any atom is 0.251 e. The van der Waals surface area contributed by atoms with Crippen molar-refractivity contribution in [3.8, 4) is 0 Å². The number of nitrogens with zero attached hydrogens (tertiary/aromatic N) is 7. The largest absolute Gasteiger partial charge is 0.368 e. The SMILES string of the molecule is Cc1cccc(N2CCN(C(=O)CN3C(c4ccccc4)=C[C@H](c4ccccc4)n4nnnc43)CC2)c1. The molecule has 6 rings (SSSR count). The normalized spacial score (nSPS) is 17.4. The number of carbonyl (C=O) groups is 1. The monoisotopic (exact) mass is 491 g/mol. The number of hydrogen-bond acceptors (Lipinski definition) is 6. The van der Waals surface area contributed by atoms with Crippen LogP contribution in [-0.2, 0) is 4.79 Å². The van der Waals surface area contributed by atoms with Gasteiger partial charge in [-0.05, 0) is 52.2 Å². The molecule has 0 N–H and O–H groups in total. The molecular formula is C29H29N7O. The standard InChI is InChI=1S/C29H29N7O/c1-22-9-8-14-25(19-22)33-15-17-34(18-16-33)28(37)21-35-26(23-10-4-2-5-11-23)20-27(24-12-6-3-7-13-24)36-29(35)30-31-32-36/h2-14,19-20,27H,15-18,21H2,1H3/t27-/m1/s1. The summed E-state index contributed by atoms with van der Waals surface area (Å²) < 4.78 is 1.80. The number of rotatable bonds is 5. The average Bonchev–Trinajstić information content (AvgIpc) is 3.44. The van der Waals surface area contributed by atoms with Gasteiger partial charge in [-0.15, -0.1) is 0 Å². The van der Waals surface area contributed by atoms with E-state index in [1.807, 2.05) is 46.2 Å². The van der Waals surface area contributed by atoms with Gasteiger partial charge in [-0.1, -0.05) is 77.9 Å². The lowest BCUT2D eigenvalue weighted by Gasteiger charge is -2.38. The third-order valence-electron chi connectivity index (χ3n) is 7.09. The molecule has 2 aliphatic heterocycles. The first-order valence-corrected chi connectivity index (χ1v) is 12.6. The Morgan fingerprint density at radius 1 is 0.892 bits per heavy atom. The highest BCUT2D eigenvalue weighted by molar-refractivity contribution is 5.89. The van der Waals surface area contributed by atoms with Crippen molar-refractivity contribution >= 4 is 23.2 Å². The zero-order valence-corrected chi connectivity index (χ0v) is 20.8. The molecule has 8 heteroatoms. The van der Waals surface area contributed by atoms with Gasteiger partial charge in [-0.2, -0.15) is 4.68 Å². The first kappa shape index (κ1) is 23.0. The van der Waals surface area contributed by atoms with Gasteiger partial charge in [0.05, 0.1) is 5.70 Å². The van der Waals surface area contributed by atoms with E-state index < -0.39 is 0 Å². The topological polar surface area (TPSA) is 70.4 Å². The number of allylic oxidation sites excluding steroid dienone is 1. The molecule has 3 heterocycles. The molecule has 0 bridgehead atoms. The number of anilines is 2. The molecular weight excluding hydrogens is 462 g/mol. The Labute approximate surface area is 216 Å². The summed E-state index contributed by atoms with van der Waals surface area (Å²) in [5.41, 5.74) is 5.50. The number of benzene rings is 3. The molecule has 0 saturated carbocycles. The Morgan fingerprint density at radius 2 is 1.62 bits per heavy atom. The summed E-state index contributed by atoms with van der Waals surface area (Å²) in [6, 6.07) is 28.7. The highest BCUT2D eigenvalue weighted by atomic mass is 16.2. The fourth-order valence-corrected chi connectivity index (χ4v) is 5.14. The van der Waals surface area contributed by atoms with Crippen molar-refractivity contribution in [2.75, 3.05) is 42.5 Å². The van der Waals surface area contributed by atoms with Gasteiger partial charge in [-0.25, -0.2) is 0 Å². The molecule has 3 aromatic carbocycles. The molecule has 2 aliphatic rings. The van der Waals surface area contributed by atoms with E-state index in [2.05, 4.69) is 82.0 Å². The molecule has 1 amide bonds. The van der Waals surface area contributed by atoms with Crippen LogP contribution in [0.4, 0.5) is 11.6 Å². The molecule has 0 unspecified atom stereocenters. The molecule has 1 aromatic heterocycles. The number of aryl methyl sites for hydroxylation is 1. The number of fused-ring (bicyclic) bond motifs is 1. The van der Waals surface area contributed by atoms with Crippen LogP contribution in [0, 0.1) is 6.92 Å². The molecule has 1 saturated heterocycles. The van der Waals surface area contributed by atoms with Crippen molar-refractivity contribution in [3.63, 3.8) is 0 Å². The third kappa shape index (κ3) is 4.58. The summed E-state index contributed by atoms with van der Waals surface area (Å²) in [6.45, 7) is 5.27.